The van der Waals surface area contributed by atoms with E-state index in [9.17, 15) is 0 Å². The normalized spacial score (nSPS) is 10.4. The summed E-state index contributed by atoms with van der Waals surface area (Å²) < 4.78 is 10.3. The molecule has 0 aromatic heterocycles. The van der Waals surface area contributed by atoms with Crippen LogP contribution in [0.1, 0.15) is 26.2 Å². The lowest BCUT2D eigenvalue weighted by molar-refractivity contribution is -0.0540. The Bertz CT molecular complexity index is 61.1. The van der Waals surface area contributed by atoms with E-state index in [0.29, 0.717) is 6.79 Å². The second-order valence-corrected chi connectivity index (χ2v) is 2.81. The standard InChI is InChI=1S/C8H18O2S/c1-2-5-9-8-10-6-3-4-7-11/h11H,2-8H2,1H3. The molecule has 0 atom stereocenters. The van der Waals surface area contributed by atoms with Gasteiger partial charge >= 0.3 is 0 Å². The minimum atomic E-state index is 0.445. The van der Waals surface area contributed by atoms with E-state index in [1.807, 2.05) is 0 Å². The van der Waals surface area contributed by atoms with Crippen LogP contribution < -0.4 is 0 Å². The minimum absolute atomic E-state index is 0.445. The molecule has 0 rings (SSSR count). The van der Waals surface area contributed by atoms with Crippen molar-refractivity contribution in [2.45, 2.75) is 26.2 Å². The molecule has 0 saturated carbocycles. The molecule has 3 heteroatoms. The van der Waals surface area contributed by atoms with Crippen LogP contribution in [-0.2, 0) is 9.47 Å². The van der Waals surface area contributed by atoms with Crippen LogP contribution >= 0.6 is 12.6 Å². The fourth-order valence-electron chi connectivity index (χ4n) is 0.637. The largest absolute Gasteiger partial charge is 0.355 e. The van der Waals surface area contributed by atoms with Crippen molar-refractivity contribution >= 4 is 12.6 Å². The molecule has 0 aromatic carbocycles. The van der Waals surface area contributed by atoms with E-state index in [4.69, 9.17) is 9.47 Å². The first-order valence-electron chi connectivity index (χ1n) is 4.18. The summed E-state index contributed by atoms with van der Waals surface area (Å²) in [4.78, 5) is 0. The lowest BCUT2D eigenvalue weighted by atomic mass is 10.4. The molecule has 0 unspecified atom stereocenters. The van der Waals surface area contributed by atoms with Crippen molar-refractivity contribution < 1.29 is 9.47 Å². The fraction of sp³-hybridized carbons (Fsp3) is 1.00. The van der Waals surface area contributed by atoms with Crippen molar-refractivity contribution in [3.05, 3.63) is 0 Å². The Morgan fingerprint density at radius 1 is 1.09 bits per heavy atom. The average Bonchev–Trinajstić information content (AvgIpc) is 2.03. The smallest absolute Gasteiger partial charge is 0.146 e. The highest BCUT2D eigenvalue weighted by Gasteiger charge is 1.87. The fourth-order valence-corrected chi connectivity index (χ4v) is 0.861. The summed E-state index contributed by atoms with van der Waals surface area (Å²) in [5, 5.41) is 0. The number of thiol groups is 1. The van der Waals surface area contributed by atoms with Gasteiger partial charge in [-0.25, -0.2) is 0 Å². The van der Waals surface area contributed by atoms with Crippen LogP contribution in [0.15, 0.2) is 0 Å². The molecule has 0 radical (unpaired) electrons. The Labute approximate surface area is 74.7 Å². The second-order valence-electron chi connectivity index (χ2n) is 2.37. The van der Waals surface area contributed by atoms with Gasteiger partial charge in [0.25, 0.3) is 0 Å². The van der Waals surface area contributed by atoms with E-state index in [1.165, 1.54) is 0 Å². The molecule has 11 heavy (non-hydrogen) atoms. The van der Waals surface area contributed by atoms with Gasteiger partial charge in [-0.2, -0.15) is 12.6 Å². The molecule has 0 aliphatic rings. The van der Waals surface area contributed by atoms with Gasteiger partial charge in [0.1, 0.15) is 6.79 Å². The molecule has 0 aromatic rings. The van der Waals surface area contributed by atoms with Gasteiger partial charge < -0.3 is 9.47 Å². The second kappa shape index (κ2) is 10.3. The van der Waals surface area contributed by atoms with Crippen LogP contribution in [-0.4, -0.2) is 25.8 Å². The van der Waals surface area contributed by atoms with Crippen LogP contribution in [0.2, 0.25) is 0 Å². The van der Waals surface area contributed by atoms with Gasteiger partial charge in [-0.1, -0.05) is 6.92 Å². The van der Waals surface area contributed by atoms with E-state index < -0.39 is 0 Å². The molecule has 0 N–H and O–H groups in total. The summed E-state index contributed by atoms with van der Waals surface area (Å²) in [5.41, 5.74) is 0. The average molecular weight is 178 g/mol. The first-order valence-corrected chi connectivity index (χ1v) is 4.81. The molecule has 2 nitrogen and oxygen atoms in total. The van der Waals surface area contributed by atoms with Crippen LogP contribution in [0.25, 0.3) is 0 Å². The third-order valence-corrected chi connectivity index (χ3v) is 1.53. The van der Waals surface area contributed by atoms with E-state index in [1.54, 1.807) is 0 Å². The van der Waals surface area contributed by atoms with Crippen LogP contribution in [0.5, 0.6) is 0 Å². The zero-order valence-corrected chi connectivity index (χ0v) is 8.11. The van der Waals surface area contributed by atoms with Crippen molar-refractivity contribution in [3.63, 3.8) is 0 Å². The van der Waals surface area contributed by atoms with Crippen molar-refractivity contribution in [1.29, 1.82) is 0 Å². The van der Waals surface area contributed by atoms with Crippen molar-refractivity contribution in [1.82, 2.24) is 0 Å². The third kappa shape index (κ3) is 10.3. The highest BCUT2D eigenvalue weighted by atomic mass is 32.1. The molecule has 0 amide bonds. The van der Waals surface area contributed by atoms with Gasteiger partial charge in [-0.15, -0.1) is 0 Å². The lowest BCUT2D eigenvalue weighted by Gasteiger charge is -2.03. The molecule has 0 aliphatic carbocycles. The molecular weight excluding hydrogens is 160 g/mol. The molecule has 0 aliphatic heterocycles. The molecule has 0 bridgehead atoms. The molecule has 0 spiro atoms. The molecule has 68 valence electrons. The Kier molecular flexibility index (Phi) is 10.5. The Balaban J connectivity index is 2.69. The van der Waals surface area contributed by atoms with E-state index in [-0.39, 0.29) is 0 Å². The summed E-state index contributed by atoms with van der Waals surface area (Å²) in [7, 11) is 0. The maximum atomic E-state index is 5.18. The monoisotopic (exact) mass is 178 g/mol. The summed E-state index contributed by atoms with van der Waals surface area (Å²) in [6, 6.07) is 0. The van der Waals surface area contributed by atoms with Crippen LogP contribution in [0, 0.1) is 0 Å². The van der Waals surface area contributed by atoms with E-state index in [0.717, 1.165) is 38.2 Å². The van der Waals surface area contributed by atoms with E-state index >= 15 is 0 Å². The molecule has 0 saturated heterocycles. The predicted octanol–water partition coefficient (Wildman–Crippen LogP) is 2.10. The molecule has 0 fully saturated rings. The van der Waals surface area contributed by atoms with Gasteiger partial charge in [0, 0.05) is 13.2 Å². The summed E-state index contributed by atoms with van der Waals surface area (Å²) in [6.45, 7) is 4.12. The van der Waals surface area contributed by atoms with Crippen LogP contribution in [0.4, 0.5) is 0 Å². The predicted molar refractivity (Wildman–Crippen MR) is 50.1 cm³/mol. The number of unbranched alkanes of at least 4 members (excludes halogenated alkanes) is 1. The van der Waals surface area contributed by atoms with Crippen molar-refractivity contribution in [2.24, 2.45) is 0 Å². The summed E-state index contributed by atoms with van der Waals surface area (Å²) in [6.07, 6.45) is 3.26. The molecule has 0 heterocycles. The molecular formula is C8H18O2S. The highest BCUT2D eigenvalue weighted by molar-refractivity contribution is 7.80. The summed E-state index contributed by atoms with van der Waals surface area (Å²) >= 11 is 4.09. The maximum Gasteiger partial charge on any atom is 0.146 e. The SMILES string of the molecule is CCCOCOCCCCS. The Morgan fingerprint density at radius 2 is 1.82 bits per heavy atom. The van der Waals surface area contributed by atoms with Gasteiger partial charge in [-0.05, 0) is 25.0 Å². The first-order chi connectivity index (χ1) is 5.41. The van der Waals surface area contributed by atoms with Crippen molar-refractivity contribution in [2.75, 3.05) is 25.8 Å². The van der Waals surface area contributed by atoms with Gasteiger partial charge in [0.05, 0.1) is 0 Å². The third-order valence-electron chi connectivity index (χ3n) is 1.21. The zero-order valence-electron chi connectivity index (χ0n) is 7.21. The zero-order chi connectivity index (χ0) is 8.36. The highest BCUT2D eigenvalue weighted by Crippen LogP contribution is 1.92. The number of hydrogen-bond acceptors (Lipinski definition) is 3. The van der Waals surface area contributed by atoms with Gasteiger partial charge in [-0.3, -0.25) is 0 Å². The van der Waals surface area contributed by atoms with Gasteiger partial charge in [0.2, 0.25) is 0 Å². The van der Waals surface area contributed by atoms with E-state index in [2.05, 4.69) is 19.6 Å². The number of rotatable bonds is 8. The van der Waals surface area contributed by atoms with Gasteiger partial charge in [0.15, 0.2) is 0 Å². The summed E-state index contributed by atoms with van der Waals surface area (Å²) in [5.74, 6) is 0.944. The number of hydrogen-bond donors (Lipinski definition) is 1. The maximum absolute atomic E-state index is 5.18. The topological polar surface area (TPSA) is 18.5 Å². The quantitative estimate of drug-likeness (QED) is 0.348. The Morgan fingerprint density at radius 3 is 2.45 bits per heavy atom. The first kappa shape index (κ1) is 11.3. The number of ether oxygens (including phenoxy) is 2. The van der Waals surface area contributed by atoms with Crippen molar-refractivity contribution in [3.8, 4) is 0 Å². The lowest BCUT2D eigenvalue weighted by Crippen LogP contribution is -2.02. The minimum Gasteiger partial charge on any atom is -0.355 e. The van der Waals surface area contributed by atoms with Crippen LogP contribution in [0.3, 0.4) is 0 Å². The Hall–Kier alpha value is 0.270.